The number of rotatable bonds is 7. The van der Waals surface area contributed by atoms with Crippen molar-refractivity contribution in [3.05, 3.63) is 35.4 Å². The molecule has 0 saturated heterocycles. The molecule has 0 fully saturated rings. The summed E-state index contributed by atoms with van der Waals surface area (Å²) in [6.07, 6.45) is -0.0842. The number of hydrogen-bond donors (Lipinski definition) is 1. The fourth-order valence-electron chi connectivity index (χ4n) is 1.41. The van der Waals surface area contributed by atoms with E-state index in [0.717, 1.165) is 16.4 Å². The lowest BCUT2D eigenvalue weighted by Crippen LogP contribution is -2.39. The summed E-state index contributed by atoms with van der Waals surface area (Å²) in [5.74, 6) is -2.58. The molecular weight excluding hydrogens is 306 g/mol. The first kappa shape index (κ1) is 17.5. The monoisotopic (exact) mass is 322 g/mol. The Bertz CT molecular complexity index is 607. The van der Waals surface area contributed by atoms with Crippen LogP contribution in [0.3, 0.4) is 0 Å². The van der Waals surface area contributed by atoms with Gasteiger partial charge in [0.15, 0.2) is 11.6 Å². The average Bonchev–Trinajstić information content (AvgIpc) is 2.45. The van der Waals surface area contributed by atoms with Crippen LogP contribution in [0.25, 0.3) is 0 Å². The zero-order chi connectivity index (χ0) is 16.0. The van der Waals surface area contributed by atoms with Crippen LogP contribution >= 0.6 is 0 Å². The number of hydrogen-bond acceptors (Lipinski definition) is 4. The molecule has 0 radical (unpaired) electrons. The summed E-state index contributed by atoms with van der Waals surface area (Å²) in [4.78, 5) is 11.0. The van der Waals surface area contributed by atoms with Crippen molar-refractivity contribution in [2.24, 2.45) is 0 Å². The quantitative estimate of drug-likeness (QED) is 0.753. The van der Waals surface area contributed by atoms with E-state index < -0.39 is 27.8 Å². The number of carbonyl (C=O) groups excluding carboxylic acids is 1. The maximum absolute atomic E-state index is 13.0. The summed E-state index contributed by atoms with van der Waals surface area (Å²) in [7, 11) is -1.33. The molecule has 0 amide bonds. The second-order valence-electron chi connectivity index (χ2n) is 4.22. The molecule has 0 aliphatic rings. The molecular formula is C12H16F2N2O4S. The van der Waals surface area contributed by atoms with Gasteiger partial charge in [0, 0.05) is 20.1 Å². The van der Waals surface area contributed by atoms with Crippen LogP contribution < -0.4 is 4.72 Å². The van der Waals surface area contributed by atoms with E-state index in [2.05, 4.69) is 9.46 Å². The minimum absolute atomic E-state index is 0.0558. The van der Waals surface area contributed by atoms with Crippen molar-refractivity contribution in [2.45, 2.75) is 13.0 Å². The van der Waals surface area contributed by atoms with E-state index >= 15 is 0 Å². The minimum atomic E-state index is -3.83. The second kappa shape index (κ2) is 7.43. The Hall–Kier alpha value is -1.58. The Kier molecular flexibility index (Phi) is 6.19. The molecule has 1 aromatic carbocycles. The maximum Gasteiger partial charge on any atom is 0.306 e. The molecule has 118 valence electrons. The number of ether oxygens (including phenoxy) is 1. The first-order chi connectivity index (χ1) is 9.76. The van der Waals surface area contributed by atoms with Crippen molar-refractivity contribution in [3.63, 3.8) is 0 Å². The van der Waals surface area contributed by atoms with E-state index in [4.69, 9.17) is 0 Å². The van der Waals surface area contributed by atoms with Gasteiger partial charge in [-0.05, 0) is 17.7 Å². The molecule has 0 bridgehead atoms. The highest BCUT2D eigenvalue weighted by Gasteiger charge is 2.18. The lowest BCUT2D eigenvalue weighted by Gasteiger charge is -2.17. The number of halogens is 2. The SMILES string of the molecule is COC(=O)CCN(C)S(=O)(=O)NCc1ccc(F)c(F)c1. The Morgan fingerprint density at radius 1 is 1.33 bits per heavy atom. The van der Waals surface area contributed by atoms with Crippen LogP contribution in [0.5, 0.6) is 0 Å². The predicted molar refractivity (Wildman–Crippen MR) is 71.4 cm³/mol. The number of carbonyl (C=O) groups is 1. The van der Waals surface area contributed by atoms with Crippen LogP contribution in [-0.4, -0.2) is 39.4 Å². The van der Waals surface area contributed by atoms with Gasteiger partial charge in [-0.1, -0.05) is 6.07 Å². The molecule has 9 heteroatoms. The van der Waals surface area contributed by atoms with Gasteiger partial charge in [0.25, 0.3) is 10.2 Å². The summed E-state index contributed by atoms with van der Waals surface area (Å²) < 4.78 is 57.0. The van der Waals surface area contributed by atoms with Crippen LogP contribution in [0.15, 0.2) is 18.2 Å². The molecule has 0 spiro atoms. The Morgan fingerprint density at radius 3 is 2.57 bits per heavy atom. The van der Waals surface area contributed by atoms with E-state index in [1.807, 2.05) is 0 Å². The van der Waals surface area contributed by atoms with Crippen molar-refractivity contribution < 1.29 is 26.7 Å². The topological polar surface area (TPSA) is 75.7 Å². The molecule has 0 aliphatic carbocycles. The van der Waals surface area contributed by atoms with Crippen LogP contribution in [-0.2, 0) is 26.3 Å². The van der Waals surface area contributed by atoms with E-state index in [1.165, 1.54) is 20.2 Å². The van der Waals surface area contributed by atoms with Gasteiger partial charge in [0.05, 0.1) is 13.5 Å². The van der Waals surface area contributed by atoms with Crippen LogP contribution in [0.2, 0.25) is 0 Å². The highest BCUT2D eigenvalue weighted by Crippen LogP contribution is 2.09. The molecule has 0 saturated carbocycles. The van der Waals surface area contributed by atoms with Gasteiger partial charge < -0.3 is 4.74 Å². The Labute approximate surface area is 121 Å². The summed E-state index contributed by atoms with van der Waals surface area (Å²) in [5.41, 5.74) is 0.277. The Balaban J connectivity index is 2.59. The third-order valence-corrected chi connectivity index (χ3v) is 4.22. The van der Waals surface area contributed by atoms with E-state index in [9.17, 15) is 22.0 Å². The van der Waals surface area contributed by atoms with Crippen molar-refractivity contribution >= 4 is 16.2 Å². The summed E-state index contributed by atoms with van der Waals surface area (Å²) in [6, 6.07) is 3.10. The summed E-state index contributed by atoms with van der Waals surface area (Å²) in [6.45, 7) is -0.248. The third-order valence-electron chi connectivity index (χ3n) is 2.71. The number of nitrogens with zero attached hydrogens (tertiary/aromatic N) is 1. The second-order valence-corrected chi connectivity index (χ2v) is 6.08. The van der Waals surface area contributed by atoms with Crippen molar-refractivity contribution in [1.82, 2.24) is 9.03 Å². The van der Waals surface area contributed by atoms with Gasteiger partial charge in [0.1, 0.15) is 0 Å². The molecule has 1 aromatic rings. The maximum atomic E-state index is 13.0. The lowest BCUT2D eigenvalue weighted by atomic mass is 10.2. The highest BCUT2D eigenvalue weighted by atomic mass is 32.2. The number of methoxy groups -OCH3 is 1. The predicted octanol–water partition coefficient (Wildman–Crippen LogP) is 0.794. The zero-order valence-electron chi connectivity index (χ0n) is 11.6. The highest BCUT2D eigenvalue weighted by molar-refractivity contribution is 7.87. The van der Waals surface area contributed by atoms with E-state index in [1.54, 1.807) is 0 Å². The smallest absolute Gasteiger partial charge is 0.306 e. The van der Waals surface area contributed by atoms with Gasteiger partial charge in [0.2, 0.25) is 0 Å². The molecule has 0 aromatic heterocycles. The first-order valence-corrected chi connectivity index (χ1v) is 7.42. The summed E-state index contributed by atoms with van der Waals surface area (Å²) >= 11 is 0. The number of nitrogens with one attached hydrogen (secondary N) is 1. The Morgan fingerprint density at radius 2 is 2.00 bits per heavy atom. The molecule has 0 atom stereocenters. The van der Waals surface area contributed by atoms with Crippen molar-refractivity contribution in [3.8, 4) is 0 Å². The van der Waals surface area contributed by atoms with Crippen LogP contribution in [0.1, 0.15) is 12.0 Å². The molecule has 21 heavy (non-hydrogen) atoms. The number of benzene rings is 1. The van der Waals surface area contributed by atoms with E-state index in [-0.39, 0.29) is 25.1 Å². The van der Waals surface area contributed by atoms with Gasteiger partial charge in [-0.15, -0.1) is 0 Å². The minimum Gasteiger partial charge on any atom is -0.469 e. The normalized spacial score (nSPS) is 11.7. The van der Waals surface area contributed by atoms with Crippen molar-refractivity contribution in [1.29, 1.82) is 0 Å². The average molecular weight is 322 g/mol. The van der Waals surface area contributed by atoms with Gasteiger partial charge >= 0.3 is 5.97 Å². The molecule has 0 aliphatic heterocycles. The van der Waals surface area contributed by atoms with Crippen LogP contribution in [0, 0.1) is 11.6 Å². The van der Waals surface area contributed by atoms with Gasteiger partial charge in [-0.2, -0.15) is 17.4 Å². The molecule has 1 rings (SSSR count). The molecule has 0 heterocycles. The van der Waals surface area contributed by atoms with Crippen molar-refractivity contribution in [2.75, 3.05) is 20.7 Å². The van der Waals surface area contributed by atoms with Gasteiger partial charge in [-0.3, -0.25) is 4.79 Å². The third kappa shape index (κ3) is 5.37. The van der Waals surface area contributed by atoms with E-state index in [0.29, 0.717) is 0 Å². The fraction of sp³-hybridized carbons (Fsp3) is 0.417. The molecule has 1 N–H and O–H groups in total. The molecule has 6 nitrogen and oxygen atoms in total. The summed E-state index contributed by atoms with van der Waals surface area (Å²) in [5, 5.41) is 0. The fourth-order valence-corrected chi connectivity index (χ4v) is 2.31. The zero-order valence-corrected chi connectivity index (χ0v) is 12.4. The number of esters is 1. The van der Waals surface area contributed by atoms with Gasteiger partial charge in [-0.25, -0.2) is 8.78 Å². The standard InChI is InChI=1S/C12H16F2N2O4S/c1-16(6-5-12(17)20-2)21(18,19)15-8-9-3-4-10(13)11(14)7-9/h3-4,7,15H,5-6,8H2,1-2H3. The lowest BCUT2D eigenvalue weighted by molar-refractivity contribution is -0.140. The largest absolute Gasteiger partial charge is 0.469 e. The first-order valence-electron chi connectivity index (χ1n) is 5.98. The molecule has 0 unspecified atom stereocenters. The van der Waals surface area contributed by atoms with Crippen LogP contribution in [0.4, 0.5) is 8.78 Å².